The lowest BCUT2D eigenvalue weighted by Gasteiger charge is -2.18. The molecule has 1 aromatic rings. The van der Waals surface area contributed by atoms with Gasteiger partial charge in [-0.15, -0.1) is 0 Å². The second-order valence-corrected chi connectivity index (χ2v) is 4.41. The van der Waals surface area contributed by atoms with Crippen molar-refractivity contribution in [3.8, 4) is 0 Å². The summed E-state index contributed by atoms with van der Waals surface area (Å²) in [6.45, 7) is 0.638. The molecule has 1 aliphatic rings. The Morgan fingerprint density at radius 2 is 1.94 bits per heavy atom. The lowest BCUT2D eigenvalue weighted by molar-refractivity contribution is 0.125. The maximum atomic E-state index is 12.9. The molecule has 6 heteroatoms. The summed E-state index contributed by atoms with van der Waals surface area (Å²) in [7, 11) is 0. The zero-order chi connectivity index (χ0) is 11.7. The van der Waals surface area contributed by atoms with Gasteiger partial charge in [0.1, 0.15) is 5.82 Å². The maximum absolute atomic E-state index is 12.9. The molecule has 0 spiro atoms. The summed E-state index contributed by atoms with van der Waals surface area (Å²) in [5.74, 6) is -0.497. The molecule has 16 heavy (non-hydrogen) atoms. The molecule has 1 aromatic carbocycles. The number of hydrogen-bond donors (Lipinski definition) is 2. The number of hydrogen-bond acceptors (Lipinski definition) is 3. The van der Waals surface area contributed by atoms with Crippen LogP contribution in [0.25, 0.3) is 0 Å². The first-order valence-electron chi connectivity index (χ1n) is 4.75. The summed E-state index contributed by atoms with van der Waals surface area (Å²) >= 11 is 11.7. The Morgan fingerprint density at radius 1 is 1.31 bits per heavy atom. The quantitative estimate of drug-likeness (QED) is 0.863. The van der Waals surface area contributed by atoms with E-state index in [0.717, 1.165) is 12.1 Å². The largest absolute Gasteiger partial charge is 0.388 e. The van der Waals surface area contributed by atoms with E-state index < -0.39 is 11.9 Å². The molecule has 3 nitrogen and oxygen atoms in total. The van der Waals surface area contributed by atoms with Gasteiger partial charge in [-0.3, -0.25) is 0 Å². The zero-order valence-electron chi connectivity index (χ0n) is 8.21. The van der Waals surface area contributed by atoms with Gasteiger partial charge in [-0.05, 0) is 12.1 Å². The molecule has 2 N–H and O–H groups in total. The van der Waals surface area contributed by atoms with Gasteiger partial charge in [0.05, 0.1) is 41.1 Å². The van der Waals surface area contributed by atoms with Gasteiger partial charge in [-0.25, -0.2) is 4.39 Å². The first-order valence-corrected chi connectivity index (χ1v) is 5.50. The molecule has 2 unspecified atom stereocenters. The molecule has 2 rings (SSSR count). The fraction of sp³-hybridized carbons (Fsp3) is 0.400. The van der Waals surface area contributed by atoms with Crippen molar-refractivity contribution in [2.24, 2.45) is 0 Å². The third-order valence-electron chi connectivity index (χ3n) is 2.39. The van der Waals surface area contributed by atoms with Crippen molar-refractivity contribution < 1.29 is 14.2 Å². The van der Waals surface area contributed by atoms with E-state index in [2.05, 4.69) is 5.32 Å². The second-order valence-electron chi connectivity index (χ2n) is 3.60. The van der Waals surface area contributed by atoms with Gasteiger partial charge in [-0.1, -0.05) is 23.2 Å². The highest BCUT2D eigenvalue weighted by Gasteiger charge is 2.27. The van der Waals surface area contributed by atoms with Gasteiger partial charge in [0.2, 0.25) is 0 Å². The van der Waals surface area contributed by atoms with Gasteiger partial charge in [-0.2, -0.15) is 0 Å². The van der Waals surface area contributed by atoms with E-state index >= 15 is 0 Å². The molecule has 1 aliphatic heterocycles. The minimum atomic E-state index is -0.614. The molecule has 0 aromatic heterocycles. The average Bonchev–Trinajstić information content (AvgIpc) is 2.57. The van der Waals surface area contributed by atoms with Crippen LogP contribution in [0.2, 0.25) is 10.0 Å². The third-order valence-corrected chi connectivity index (χ3v) is 2.98. The van der Waals surface area contributed by atoms with E-state index in [0.29, 0.717) is 12.3 Å². The molecular weight excluding hydrogens is 256 g/mol. The van der Waals surface area contributed by atoms with Gasteiger partial charge in [0.15, 0.2) is 0 Å². The maximum Gasteiger partial charge on any atom is 0.126 e. The van der Waals surface area contributed by atoms with E-state index in [4.69, 9.17) is 27.9 Å². The fourth-order valence-electron chi connectivity index (χ4n) is 1.55. The van der Waals surface area contributed by atoms with E-state index in [1.54, 1.807) is 0 Å². The van der Waals surface area contributed by atoms with Gasteiger partial charge in [0.25, 0.3) is 0 Å². The first kappa shape index (κ1) is 11.9. The Kier molecular flexibility index (Phi) is 3.54. The molecule has 1 fully saturated rings. The summed E-state index contributed by atoms with van der Waals surface area (Å²) in [5.41, 5.74) is 0.416. The van der Waals surface area contributed by atoms with E-state index in [1.807, 2.05) is 0 Å². The molecule has 2 atom stereocenters. The predicted octanol–water partition coefficient (Wildman–Crippen LogP) is 2.30. The van der Waals surface area contributed by atoms with Crippen molar-refractivity contribution in [3.63, 3.8) is 0 Å². The average molecular weight is 266 g/mol. The van der Waals surface area contributed by atoms with Crippen LogP contribution < -0.4 is 5.32 Å². The van der Waals surface area contributed by atoms with Crippen molar-refractivity contribution >= 4 is 28.9 Å². The number of nitrogens with one attached hydrogen (secondary N) is 1. The summed E-state index contributed by atoms with van der Waals surface area (Å²) in [4.78, 5) is 0. The number of rotatable bonds is 2. The Labute approximate surface area is 102 Å². The monoisotopic (exact) mass is 265 g/mol. The van der Waals surface area contributed by atoms with Crippen molar-refractivity contribution in [3.05, 3.63) is 28.0 Å². The number of anilines is 1. The normalized spacial score (nSPS) is 24.8. The molecule has 88 valence electrons. The van der Waals surface area contributed by atoms with Crippen LogP contribution in [0.4, 0.5) is 10.1 Å². The number of aliphatic hydroxyl groups is 1. The smallest absolute Gasteiger partial charge is 0.126 e. The molecule has 1 saturated heterocycles. The molecular formula is C10H10Cl2FNO2. The van der Waals surface area contributed by atoms with Crippen LogP contribution in [0.3, 0.4) is 0 Å². The molecule has 0 amide bonds. The van der Waals surface area contributed by atoms with Crippen LogP contribution in [0.5, 0.6) is 0 Å². The van der Waals surface area contributed by atoms with Crippen LogP contribution >= 0.6 is 23.2 Å². The number of benzene rings is 1. The fourth-order valence-corrected chi connectivity index (χ4v) is 2.12. The summed E-state index contributed by atoms with van der Waals surface area (Å²) in [6, 6.07) is 2.05. The molecule has 0 radical (unpaired) electrons. The Morgan fingerprint density at radius 3 is 2.44 bits per heavy atom. The van der Waals surface area contributed by atoms with Gasteiger partial charge < -0.3 is 15.2 Å². The Hall–Kier alpha value is -0.550. The number of aliphatic hydroxyl groups excluding tert-OH is 1. The highest BCUT2D eigenvalue weighted by Crippen LogP contribution is 2.32. The van der Waals surface area contributed by atoms with Crippen LogP contribution in [-0.2, 0) is 4.74 Å². The van der Waals surface area contributed by atoms with E-state index in [9.17, 15) is 9.50 Å². The third kappa shape index (κ3) is 2.40. The molecule has 0 saturated carbocycles. The van der Waals surface area contributed by atoms with Crippen molar-refractivity contribution in [1.29, 1.82) is 0 Å². The van der Waals surface area contributed by atoms with Gasteiger partial charge >= 0.3 is 0 Å². The lowest BCUT2D eigenvalue weighted by atomic mass is 10.2. The topological polar surface area (TPSA) is 41.5 Å². The number of ether oxygens (including phenoxy) is 1. The van der Waals surface area contributed by atoms with E-state index in [1.165, 1.54) is 0 Å². The first-order chi connectivity index (χ1) is 7.58. The summed E-state index contributed by atoms with van der Waals surface area (Å²) in [5, 5.41) is 12.9. The van der Waals surface area contributed by atoms with E-state index in [-0.39, 0.29) is 22.7 Å². The molecule has 0 aliphatic carbocycles. The second kappa shape index (κ2) is 4.75. The Bertz CT molecular complexity index is 379. The van der Waals surface area contributed by atoms with Crippen molar-refractivity contribution in [1.82, 2.24) is 0 Å². The van der Waals surface area contributed by atoms with Crippen LogP contribution in [0.15, 0.2) is 12.1 Å². The van der Waals surface area contributed by atoms with Crippen LogP contribution in [0, 0.1) is 5.82 Å². The van der Waals surface area contributed by atoms with Crippen molar-refractivity contribution in [2.45, 2.75) is 12.1 Å². The molecule has 0 bridgehead atoms. The van der Waals surface area contributed by atoms with Gasteiger partial charge in [0, 0.05) is 0 Å². The number of halogens is 3. The van der Waals surface area contributed by atoms with Crippen LogP contribution in [0.1, 0.15) is 0 Å². The van der Waals surface area contributed by atoms with Crippen molar-refractivity contribution in [2.75, 3.05) is 18.5 Å². The summed E-state index contributed by atoms with van der Waals surface area (Å²) in [6.07, 6.45) is -0.614. The standard InChI is InChI=1S/C10H10Cl2FNO2/c11-6-1-5(13)2-7(12)10(6)14-8-3-16-4-9(8)15/h1-2,8-9,14-15H,3-4H2. The minimum absolute atomic E-state index is 0.184. The van der Waals surface area contributed by atoms with Crippen LogP contribution in [-0.4, -0.2) is 30.5 Å². The predicted molar refractivity (Wildman–Crippen MR) is 60.7 cm³/mol. The lowest BCUT2D eigenvalue weighted by Crippen LogP contribution is -2.32. The SMILES string of the molecule is OC1COCC1Nc1c(Cl)cc(F)cc1Cl. The highest BCUT2D eigenvalue weighted by molar-refractivity contribution is 6.39. The Balaban J connectivity index is 2.21. The minimum Gasteiger partial charge on any atom is -0.388 e. The summed E-state index contributed by atoms with van der Waals surface area (Å²) < 4.78 is 18.0. The highest BCUT2D eigenvalue weighted by atomic mass is 35.5. The zero-order valence-corrected chi connectivity index (χ0v) is 9.72. The molecule has 1 heterocycles.